The first-order valence-corrected chi connectivity index (χ1v) is 5.87. The second-order valence-electron chi connectivity index (χ2n) is 4.15. The van der Waals surface area contributed by atoms with Crippen LogP contribution in [-0.4, -0.2) is 13.0 Å². The van der Waals surface area contributed by atoms with E-state index in [0.717, 1.165) is 5.76 Å². The number of benzene rings is 1. The third kappa shape index (κ3) is 3.07. The van der Waals surface area contributed by atoms with E-state index in [1.165, 1.54) is 7.11 Å². The van der Waals surface area contributed by atoms with Gasteiger partial charge in [-0.3, -0.25) is 4.79 Å². The maximum absolute atomic E-state index is 12.0. The highest BCUT2D eigenvalue weighted by Gasteiger charge is 2.12. The molecule has 1 amide bonds. The lowest BCUT2D eigenvalue weighted by atomic mass is 10.1. The van der Waals surface area contributed by atoms with Gasteiger partial charge in [0.15, 0.2) is 0 Å². The topological polar surface area (TPSA) is 77.5 Å². The van der Waals surface area contributed by atoms with Gasteiger partial charge in [0, 0.05) is 11.8 Å². The number of nitrogen functional groups attached to an aromatic ring is 1. The van der Waals surface area contributed by atoms with Crippen molar-refractivity contribution in [1.82, 2.24) is 5.32 Å². The fourth-order valence-electron chi connectivity index (χ4n) is 1.74. The highest BCUT2D eigenvalue weighted by atomic mass is 16.5. The van der Waals surface area contributed by atoms with Crippen molar-refractivity contribution in [3.8, 4) is 5.75 Å². The number of aryl methyl sites for hydroxylation is 1. The molecule has 5 heteroatoms. The molecule has 0 radical (unpaired) electrons. The van der Waals surface area contributed by atoms with Gasteiger partial charge in [-0.2, -0.15) is 0 Å². The SMILES string of the molecule is COc1cc(N)ccc1C(=O)NCc1ccc(C)o1. The molecule has 1 aromatic heterocycles. The summed E-state index contributed by atoms with van der Waals surface area (Å²) in [6.07, 6.45) is 0. The van der Waals surface area contributed by atoms with Gasteiger partial charge in [0.1, 0.15) is 17.3 Å². The number of methoxy groups -OCH3 is 1. The highest BCUT2D eigenvalue weighted by Crippen LogP contribution is 2.21. The van der Waals surface area contributed by atoms with E-state index in [-0.39, 0.29) is 5.91 Å². The molecule has 0 saturated carbocycles. The van der Waals surface area contributed by atoms with Crippen LogP contribution < -0.4 is 15.8 Å². The van der Waals surface area contributed by atoms with Crippen LogP contribution in [0.1, 0.15) is 21.9 Å². The Morgan fingerprint density at radius 3 is 2.79 bits per heavy atom. The number of carbonyl (C=O) groups is 1. The van der Waals surface area contributed by atoms with E-state index in [2.05, 4.69) is 5.32 Å². The lowest BCUT2D eigenvalue weighted by molar-refractivity contribution is 0.0945. The number of amides is 1. The maximum Gasteiger partial charge on any atom is 0.255 e. The number of furan rings is 1. The van der Waals surface area contributed by atoms with Crippen LogP contribution in [0, 0.1) is 6.92 Å². The van der Waals surface area contributed by atoms with Crippen LogP contribution in [0.3, 0.4) is 0 Å². The van der Waals surface area contributed by atoms with Gasteiger partial charge in [0.05, 0.1) is 19.2 Å². The molecule has 0 aliphatic rings. The Hall–Kier alpha value is -2.43. The third-order valence-corrected chi connectivity index (χ3v) is 2.69. The Morgan fingerprint density at radius 1 is 1.37 bits per heavy atom. The van der Waals surface area contributed by atoms with Crippen LogP contribution >= 0.6 is 0 Å². The molecule has 2 aromatic rings. The van der Waals surface area contributed by atoms with E-state index in [1.54, 1.807) is 18.2 Å². The maximum atomic E-state index is 12.0. The van der Waals surface area contributed by atoms with Gasteiger partial charge in [-0.05, 0) is 31.2 Å². The molecule has 0 spiro atoms. The molecule has 2 rings (SSSR count). The zero-order valence-corrected chi connectivity index (χ0v) is 10.9. The molecule has 100 valence electrons. The number of hydrogen-bond acceptors (Lipinski definition) is 4. The number of anilines is 1. The summed E-state index contributed by atoms with van der Waals surface area (Å²) in [5.41, 5.74) is 6.64. The normalized spacial score (nSPS) is 10.2. The first-order chi connectivity index (χ1) is 9.10. The van der Waals surface area contributed by atoms with E-state index in [0.29, 0.717) is 29.3 Å². The number of nitrogens with two attached hydrogens (primary N) is 1. The van der Waals surface area contributed by atoms with Crippen molar-refractivity contribution in [3.63, 3.8) is 0 Å². The van der Waals surface area contributed by atoms with E-state index < -0.39 is 0 Å². The first-order valence-electron chi connectivity index (χ1n) is 5.87. The summed E-state index contributed by atoms with van der Waals surface area (Å²) in [4.78, 5) is 12.0. The van der Waals surface area contributed by atoms with E-state index >= 15 is 0 Å². The number of rotatable bonds is 4. The molecule has 19 heavy (non-hydrogen) atoms. The minimum Gasteiger partial charge on any atom is -0.496 e. The van der Waals surface area contributed by atoms with Crippen LogP contribution in [0.2, 0.25) is 0 Å². The summed E-state index contributed by atoms with van der Waals surface area (Å²) >= 11 is 0. The van der Waals surface area contributed by atoms with Gasteiger partial charge in [-0.25, -0.2) is 0 Å². The van der Waals surface area contributed by atoms with Crippen molar-refractivity contribution >= 4 is 11.6 Å². The second-order valence-corrected chi connectivity index (χ2v) is 4.15. The fraction of sp³-hybridized carbons (Fsp3) is 0.214. The minimum atomic E-state index is -0.231. The van der Waals surface area contributed by atoms with Crippen LogP contribution in [0.4, 0.5) is 5.69 Å². The Labute approximate surface area is 111 Å². The average Bonchev–Trinajstić information content (AvgIpc) is 2.81. The molecule has 0 aliphatic heterocycles. The number of nitrogens with one attached hydrogen (secondary N) is 1. The van der Waals surface area contributed by atoms with Crippen molar-refractivity contribution in [2.75, 3.05) is 12.8 Å². The van der Waals surface area contributed by atoms with Crippen LogP contribution in [0.15, 0.2) is 34.7 Å². The minimum absolute atomic E-state index is 0.231. The Bertz CT molecular complexity index is 590. The summed E-state index contributed by atoms with van der Waals surface area (Å²) in [6.45, 7) is 2.19. The molecule has 0 bridgehead atoms. The van der Waals surface area contributed by atoms with Crippen LogP contribution in [0.25, 0.3) is 0 Å². The van der Waals surface area contributed by atoms with Gasteiger partial charge in [-0.15, -0.1) is 0 Å². The second kappa shape index (κ2) is 5.48. The Morgan fingerprint density at radius 2 is 2.16 bits per heavy atom. The van der Waals surface area contributed by atoms with Crippen molar-refractivity contribution in [1.29, 1.82) is 0 Å². The summed E-state index contributed by atoms with van der Waals surface area (Å²) in [7, 11) is 1.50. The van der Waals surface area contributed by atoms with Crippen molar-refractivity contribution < 1.29 is 13.9 Å². The summed E-state index contributed by atoms with van der Waals surface area (Å²) in [6, 6.07) is 8.60. The molecule has 0 atom stereocenters. The molecule has 0 fully saturated rings. The Balaban J connectivity index is 2.07. The fourth-order valence-corrected chi connectivity index (χ4v) is 1.74. The molecule has 0 aliphatic carbocycles. The predicted molar refractivity (Wildman–Crippen MR) is 72.0 cm³/mol. The summed E-state index contributed by atoms with van der Waals surface area (Å²) in [5, 5.41) is 2.77. The number of hydrogen-bond donors (Lipinski definition) is 2. The van der Waals surface area contributed by atoms with Crippen molar-refractivity contribution in [2.45, 2.75) is 13.5 Å². The van der Waals surface area contributed by atoms with Crippen LogP contribution in [0.5, 0.6) is 5.75 Å². The quantitative estimate of drug-likeness (QED) is 0.825. The number of carbonyl (C=O) groups excluding carboxylic acids is 1. The standard InChI is InChI=1S/C14H16N2O3/c1-9-3-5-11(19-9)8-16-14(17)12-6-4-10(15)7-13(12)18-2/h3-7H,8,15H2,1-2H3,(H,16,17). The average molecular weight is 260 g/mol. The molecular weight excluding hydrogens is 244 g/mol. The monoisotopic (exact) mass is 260 g/mol. The lowest BCUT2D eigenvalue weighted by Crippen LogP contribution is -2.23. The molecule has 1 heterocycles. The molecule has 0 unspecified atom stereocenters. The molecule has 1 aromatic carbocycles. The van der Waals surface area contributed by atoms with E-state index in [9.17, 15) is 4.79 Å². The summed E-state index contributed by atoms with van der Waals surface area (Å²) in [5.74, 6) is 1.74. The first kappa shape index (κ1) is 13.0. The third-order valence-electron chi connectivity index (χ3n) is 2.69. The molecule has 0 saturated heterocycles. The van der Waals surface area contributed by atoms with Crippen LogP contribution in [-0.2, 0) is 6.54 Å². The van der Waals surface area contributed by atoms with Gasteiger partial charge >= 0.3 is 0 Å². The zero-order chi connectivity index (χ0) is 13.8. The van der Waals surface area contributed by atoms with E-state index in [1.807, 2.05) is 19.1 Å². The van der Waals surface area contributed by atoms with Gasteiger partial charge in [-0.1, -0.05) is 0 Å². The summed E-state index contributed by atoms with van der Waals surface area (Å²) < 4.78 is 10.5. The van der Waals surface area contributed by atoms with Gasteiger partial charge in [0.2, 0.25) is 0 Å². The molecule has 5 nitrogen and oxygen atoms in total. The zero-order valence-electron chi connectivity index (χ0n) is 10.9. The van der Waals surface area contributed by atoms with Crippen molar-refractivity contribution in [2.24, 2.45) is 0 Å². The smallest absolute Gasteiger partial charge is 0.255 e. The molecular formula is C14H16N2O3. The van der Waals surface area contributed by atoms with Crippen molar-refractivity contribution in [3.05, 3.63) is 47.4 Å². The highest BCUT2D eigenvalue weighted by molar-refractivity contribution is 5.97. The Kier molecular flexibility index (Phi) is 3.75. The predicted octanol–water partition coefficient (Wildman–Crippen LogP) is 2.11. The van der Waals surface area contributed by atoms with Gasteiger partial charge < -0.3 is 20.2 Å². The van der Waals surface area contributed by atoms with Gasteiger partial charge in [0.25, 0.3) is 5.91 Å². The number of ether oxygens (including phenoxy) is 1. The van der Waals surface area contributed by atoms with E-state index in [4.69, 9.17) is 14.9 Å². The lowest BCUT2D eigenvalue weighted by Gasteiger charge is -2.09. The largest absolute Gasteiger partial charge is 0.496 e. The molecule has 3 N–H and O–H groups in total.